The molecule has 2 amide bonds. The first-order chi connectivity index (χ1) is 8.00. The maximum atomic E-state index is 11.1. The third kappa shape index (κ3) is 2.54. The van der Waals surface area contributed by atoms with Crippen LogP contribution in [-0.2, 0) is 0 Å². The van der Waals surface area contributed by atoms with E-state index in [1.165, 1.54) is 4.90 Å². The highest BCUT2D eigenvalue weighted by atomic mass is 28.3. The molecule has 0 radical (unpaired) electrons. The summed E-state index contributed by atoms with van der Waals surface area (Å²) in [6.45, 7) is 6.66. The summed E-state index contributed by atoms with van der Waals surface area (Å²) < 4.78 is 5.69. The van der Waals surface area contributed by atoms with Gasteiger partial charge >= 0.3 is 6.03 Å². The Balaban J connectivity index is 3.05. The van der Waals surface area contributed by atoms with Gasteiger partial charge in [0.15, 0.2) is 0 Å². The van der Waals surface area contributed by atoms with Crippen LogP contribution in [0.3, 0.4) is 0 Å². The van der Waals surface area contributed by atoms with E-state index < -0.39 is 14.1 Å². The highest BCUT2D eigenvalue weighted by Gasteiger charge is 2.33. The number of amides is 2. The molecule has 17 heavy (non-hydrogen) atoms. The topological polar surface area (TPSA) is 59.5 Å². The molecule has 0 bridgehead atoms. The predicted molar refractivity (Wildman–Crippen MR) is 73.5 cm³/mol. The number of nitrogens with two attached hydrogens (primary N) is 1. The van der Waals surface area contributed by atoms with Crippen LogP contribution in [-0.4, -0.2) is 21.2 Å². The average Bonchev–Trinajstić information content (AvgIpc) is 2.81. The molecule has 1 heterocycles. The lowest BCUT2D eigenvalue weighted by molar-refractivity contribution is 0.255. The number of hydrogen-bond acceptors (Lipinski definition) is 2. The van der Waals surface area contributed by atoms with Gasteiger partial charge in [0.05, 0.1) is 11.1 Å². The van der Waals surface area contributed by atoms with Gasteiger partial charge in [-0.15, -0.1) is 0 Å². The van der Waals surface area contributed by atoms with Gasteiger partial charge in [-0.2, -0.15) is 0 Å². The molecule has 96 valence electrons. The molecule has 0 atom stereocenters. The van der Waals surface area contributed by atoms with Crippen molar-refractivity contribution in [2.24, 2.45) is 5.73 Å². The van der Waals surface area contributed by atoms with Crippen molar-refractivity contribution in [3.8, 4) is 0 Å². The zero-order valence-electron chi connectivity index (χ0n) is 11.1. The first kappa shape index (κ1) is 13.8. The Hall–Kier alpha value is -1.23. The highest BCUT2D eigenvalue weighted by Crippen LogP contribution is 2.23. The molecule has 0 aliphatic heterocycles. The van der Waals surface area contributed by atoms with Gasteiger partial charge in [0, 0.05) is 7.05 Å². The van der Waals surface area contributed by atoms with Gasteiger partial charge in [0.1, 0.15) is 14.3 Å². The summed E-state index contributed by atoms with van der Waals surface area (Å²) >= 11 is 0. The van der Waals surface area contributed by atoms with Crippen LogP contribution in [0.4, 0.5) is 10.5 Å². The summed E-state index contributed by atoms with van der Waals surface area (Å²) in [4.78, 5) is 12.5. The summed E-state index contributed by atoms with van der Waals surface area (Å²) in [6, 6.07) is 5.00. The molecule has 1 aromatic heterocycles. The van der Waals surface area contributed by atoms with Crippen molar-refractivity contribution < 1.29 is 9.21 Å². The largest absolute Gasteiger partial charge is 0.472 e. The second-order valence-corrected chi connectivity index (χ2v) is 9.58. The molecule has 0 aliphatic rings. The third-order valence-electron chi connectivity index (χ3n) is 3.86. The smallest absolute Gasteiger partial charge is 0.319 e. The number of hydrogen-bond donors (Lipinski definition) is 1. The molecule has 0 spiro atoms. The monoisotopic (exact) mass is 254 g/mol. The Bertz CT molecular complexity index is 377. The molecule has 0 saturated heterocycles. The van der Waals surface area contributed by atoms with Crippen LogP contribution in [0, 0.1) is 0 Å². The number of nitrogens with zero attached hydrogens (tertiary/aromatic N) is 1. The second kappa shape index (κ2) is 5.40. The first-order valence-corrected chi connectivity index (χ1v) is 8.75. The van der Waals surface area contributed by atoms with Crippen LogP contribution < -0.4 is 16.0 Å². The normalized spacial score (nSPS) is 11.5. The molecule has 1 aromatic rings. The van der Waals surface area contributed by atoms with Gasteiger partial charge < -0.3 is 10.2 Å². The number of carbonyl (C=O) groups is 1. The van der Waals surface area contributed by atoms with Crippen molar-refractivity contribution in [1.82, 2.24) is 0 Å². The van der Waals surface area contributed by atoms with Crippen LogP contribution in [0.5, 0.6) is 0 Å². The maximum absolute atomic E-state index is 11.1. The van der Waals surface area contributed by atoms with E-state index in [-0.39, 0.29) is 0 Å². The van der Waals surface area contributed by atoms with E-state index in [2.05, 4.69) is 20.8 Å². The first-order valence-electron chi connectivity index (χ1n) is 6.13. The van der Waals surface area contributed by atoms with Crippen molar-refractivity contribution in [1.29, 1.82) is 0 Å². The van der Waals surface area contributed by atoms with Gasteiger partial charge in [-0.05, 0) is 6.07 Å². The minimum atomic E-state index is -1.50. The Kier molecular flexibility index (Phi) is 4.39. The van der Waals surface area contributed by atoms with Gasteiger partial charge in [0.2, 0.25) is 0 Å². The van der Waals surface area contributed by atoms with Gasteiger partial charge in [0.25, 0.3) is 0 Å². The number of urea groups is 1. The number of anilines is 1. The highest BCUT2D eigenvalue weighted by molar-refractivity contribution is 6.90. The van der Waals surface area contributed by atoms with E-state index in [1.54, 1.807) is 13.3 Å². The van der Waals surface area contributed by atoms with Crippen molar-refractivity contribution in [2.45, 2.75) is 38.9 Å². The van der Waals surface area contributed by atoms with Crippen molar-refractivity contribution in [3.63, 3.8) is 0 Å². The summed E-state index contributed by atoms with van der Waals surface area (Å²) in [5.41, 5.74) is 5.99. The van der Waals surface area contributed by atoms with E-state index in [1.807, 2.05) is 6.07 Å². The molecule has 4 nitrogen and oxygen atoms in total. The summed E-state index contributed by atoms with van der Waals surface area (Å²) in [6.07, 6.45) is 1.63. The SMILES string of the molecule is CC[Si](CC)(CC)c1cc(N(C)C(N)=O)co1. The minimum Gasteiger partial charge on any atom is -0.472 e. The number of rotatable bonds is 5. The molecule has 0 aromatic carbocycles. The quantitative estimate of drug-likeness (QED) is 0.821. The average molecular weight is 254 g/mol. The molecule has 1 rings (SSSR count). The van der Waals surface area contributed by atoms with Crippen LogP contribution >= 0.6 is 0 Å². The standard InChI is InChI=1S/C12H22N2O2Si/c1-5-17(6-2,7-3)11-8-10(9-16-11)14(4)12(13)15/h8-9H,5-7H2,1-4H3,(H2,13,15). The zero-order chi connectivity index (χ0) is 13.1. The van der Waals surface area contributed by atoms with Gasteiger partial charge in [-0.25, -0.2) is 4.79 Å². The van der Waals surface area contributed by atoms with Gasteiger partial charge in [-0.1, -0.05) is 38.9 Å². The van der Waals surface area contributed by atoms with E-state index in [4.69, 9.17) is 10.2 Å². The van der Waals surface area contributed by atoms with E-state index >= 15 is 0 Å². The van der Waals surface area contributed by atoms with Crippen molar-refractivity contribution >= 4 is 25.2 Å². The van der Waals surface area contributed by atoms with Crippen LogP contribution in [0.2, 0.25) is 18.1 Å². The Labute approximate surface area is 104 Å². The number of carbonyl (C=O) groups excluding carboxylic acids is 1. The second-order valence-electron chi connectivity index (χ2n) is 4.41. The minimum absolute atomic E-state index is 0.464. The Morgan fingerprint density at radius 3 is 2.29 bits per heavy atom. The predicted octanol–water partition coefficient (Wildman–Crippen LogP) is 2.51. The van der Waals surface area contributed by atoms with Crippen molar-refractivity contribution in [3.05, 3.63) is 12.3 Å². The lowest BCUT2D eigenvalue weighted by atomic mass is 10.5. The molecule has 0 aliphatic carbocycles. The fourth-order valence-corrected chi connectivity index (χ4v) is 5.49. The summed E-state index contributed by atoms with van der Waals surface area (Å²) in [5.74, 6) is 0. The molecule has 5 heteroatoms. The Morgan fingerprint density at radius 2 is 1.88 bits per heavy atom. The Morgan fingerprint density at radius 1 is 1.35 bits per heavy atom. The maximum Gasteiger partial charge on any atom is 0.319 e. The van der Waals surface area contributed by atoms with E-state index in [9.17, 15) is 4.79 Å². The fourth-order valence-electron chi connectivity index (χ4n) is 2.18. The summed E-state index contributed by atoms with van der Waals surface area (Å²) in [5, 5.41) is 1.08. The van der Waals surface area contributed by atoms with Crippen LogP contribution in [0.15, 0.2) is 16.7 Å². The van der Waals surface area contributed by atoms with E-state index in [0.717, 1.165) is 29.2 Å². The molecular weight excluding hydrogens is 232 g/mol. The van der Waals surface area contributed by atoms with Crippen LogP contribution in [0.1, 0.15) is 20.8 Å². The number of furan rings is 1. The third-order valence-corrected chi connectivity index (χ3v) is 9.22. The summed E-state index contributed by atoms with van der Waals surface area (Å²) in [7, 11) is 0.158. The molecule has 0 fully saturated rings. The molecule has 0 saturated carbocycles. The zero-order valence-corrected chi connectivity index (χ0v) is 12.1. The lowest BCUT2D eigenvalue weighted by Gasteiger charge is -2.24. The molecule has 0 unspecified atom stereocenters. The van der Waals surface area contributed by atoms with Crippen molar-refractivity contribution in [2.75, 3.05) is 11.9 Å². The van der Waals surface area contributed by atoms with Crippen LogP contribution in [0.25, 0.3) is 0 Å². The molecule has 2 N–H and O–H groups in total. The van der Waals surface area contributed by atoms with Gasteiger partial charge in [-0.3, -0.25) is 4.90 Å². The number of primary amides is 1. The molecular formula is C12H22N2O2Si. The lowest BCUT2D eigenvalue weighted by Crippen LogP contribution is -2.45. The van der Waals surface area contributed by atoms with E-state index in [0.29, 0.717) is 0 Å². The fraction of sp³-hybridized carbons (Fsp3) is 0.583.